The Morgan fingerprint density at radius 2 is 1.70 bits per heavy atom. The van der Waals surface area contributed by atoms with E-state index < -0.39 is 26.6 Å². The summed E-state index contributed by atoms with van der Waals surface area (Å²) >= 11 is 0. The molecular weight excluding hydrogens is 317 g/mol. The Bertz CT molecular complexity index is 847. The van der Waals surface area contributed by atoms with Crippen LogP contribution in [0.4, 0.5) is 4.39 Å². The van der Waals surface area contributed by atoms with Crippen LogP contribution in [0.15, 0.2) is 59.6 Å². The molecule has 0 spiro atoms. The molecule has 6 heteroatoms. The molecule has 4 nitrogen and oxygen atoms in total. The second kappa shape index (κ2) is 5.45. The lowest BCUT2D eigenvalue weighted by Gasteiger charge is -2.30. The molecule has 23 heavy (non-hydrogen) atoms. The van der Waals surface area contributed by atoms with Gasteiger partial charge in [-0.1, -0.05) is 42.5 Å². The van der Waals surface area contributed by atoms with E-state index in [1.807, 2.05) is 0 Å². The summed E-state index contributed by atoms with van der Waals surface area (Å²) in [5.41, 5.74) is 1.08. The fraction of sp³-hybridized carbons (Fsp3) is 0.235. The Morgan fingerprint density at radius 3 is 2.26 bits per heavy atom. The highest BCUT2D eigenvalue weighted by Gasteiger charge is 2.55. The zero-order chi connectivity index (χ0) is 16.7. The Hall–Kier alpha value is -2.21. The van der Waals surface area contributed by atoms with Crippen molar-refractivity contribution in [3.05, 3.63) is 71.5 Å². The van der Waals surface area contributed by atoms with Crippen molar-refractivity contribution < 1.29 is 17.5 Å². The van der Waals surface area contributed by atoms with E-state index in [0.717, 1.165) is 6.26 Å². The van der Waals surface area contributed by atoms with Crippen LogP contribution in [0.5, 0.6) is 0 Å². The van der Waals surface area contributed by atoms with Gasteiger partial charge >= 0.3 is 0 Å². The summed E-state index contributed by atoms with van der Waals surface area (Å²) < 4.78 is 44.3. The molecule has 2 atom stereocenters. The van der Waals surface area contributed by atoms with E-state index in [1.54, 1.807) is 37.3 Å². The van der Waals surface area contributed by atoms with Crippen molar-refractivity contribution in [2.75, 3.05) is 6.26 Å². The topological polar surface area (TPSA) is 55.7 Å². The van der Waals surface area contributed by atoms with E-state index in [4.69, 9.17) is 4.74 Å². The maximum absolute atomic E-state index is 13.2. The van der Waals surface area contributed by atoms with Crippen molar-refractivity contribution in [3.63, 3.8) is 0 Å². The maximum atomic E-state index is 13.2. The molecule has 0 N–H and O–H groups in total. The first kappa shape index (κ1) is 15.7. The standard InChI is InChI=1S/C17H16FNO3S/c1-12-19-17(23(2,20)21,14-6-4-3-5-7-14)16(22-12)13-8-10-15(18)11-9-13/h3-11,16H,1-2H3. The fourth-order valence-corrected chi connectivity index (χ4v) is 4.32. The van der Waals surface area contributed by atoms with Gasteiger partial charge < -0.3 is 4.74 Å². The van der Waals surface area contributed by atoms with E-state index in [9.17, 15) is 12.8 Å². The number of ether oxygens (including phenoxy) is 1. The molecule has 2 aromatic carbocycles. The monoisotopic (exact) mass is 333 g/mol. The van der Waals surface area contributed by atoms with E-state index in [1.165, 1.54) is 24.3 Å². The van der Waals surface area contributed by atoms with Gasteiger partial charge in [0, 0.05) is 13.2 Å². The van der Waals surface area contributed by atoms with Gasteiger partial charge in [0.15, 0.2) is 21.8 Å². The van der Waals surface area contributed by atoms with Crippen LogP contribution in [0.25, 0.3) is 0 Å². The SMILES string of the molecule is CC1=NC(c2ccccc2)(S(C)(=O)=O)C(c2ccc(F)cc2)O1. The van der Waals surface area contributed by atoms with Crippen molar-refractivity contribution in [2.24, 2.45) is 4.99 Å². The first-order valence-corrected chi connectivity index (χ1v) is 8.97. The number of halogens is 1. The number of benzene rings is 2. The normalized spacial score (nSPS) is 24.1. The van der Waals surface area contributed by atoms with Crippen LogP contribution in [-0.4, -0.2) is 20.6 Å². The summed E-state index contributed by atoms with van der Waals surface area (Å²) in [7, 11) is -3.66. The zero-order valence-electron chi connectivity index (χ0n) is 12.7. The maximum Gasteiger partial charge on any atom is 0.230 e. The molecule has 0 saturated heterocycles. The predicted molar refractivity (Wildman–Crippen MR) is 86.3 cm³/mol. The minimum Gasteiger partial charge on any atom is -0.469 e. The van der Waals surface area contributed by atoms with E-state index >= 15 is 0 Å². The van der Waals surface area contributed by atoms with Gasteiger partial charge in [0.05, 0.1) is 0 Å². The van der Waals surface area contributed by atoms with Crippen LogP contribution in [0.2, 0.25) is 0 Å². The van der Waals surface area contributed by atoms with Gasteiger partial charge in [-0.15, -0.1) is 0 Å². The van der Waals surface area contributed by atoms with Crippen molar-refractivity contribution in [1.29, 1.82) is 0 Å². The van der Waals surface area contributed by atoms with Crippen LogP contribution < -0.4 is 0 Å². The summed E-state index contributed by atoms with van der Waals surface area (Å²) in [6, 6.07) is 14.4. The number of rotatable bonds is 3. The van der Waals surface area contributed by atoms with Crippen molar-refractivity contribution >= 4 is 15.7 Å². The summed E-state index contributed by atoms with van der Waals surface area (Å²) in [5.74, 6) is -0.109. The molecule has 2 aromatic rings. The quantitative estimate of drug-likeness (QED) is 0.866. The smallest absolute Gasteiger partial charge is 0.230 e. The summed E-state index contributed by atoms with van der Waals surface area (Å²) in [5, 5.41) is 0. The second-order valence-electron chi connectivity index (χ2n) is 5.51. The number of hydrogen-bond donors (Lipinski definition) is 0. The third-order valence-electron chi connectivity index (χ3n) is 3.89. The van der Waals surface area contributed by atoms with Gasteiger partial charge in [-0.2, -0.15) is 0 Å². The van der Waals surface area contributed by atoms with Crippen molar-refractivity contribution in [3.8, 4) is 0 Å². The molecule has 120 valence electrons. The fourth-order valence-electron chi connectivity index (χ4n) is 2.89. The average molecular weight is 333 g/mol. The minimum absolute atomic E-state index is 0.286. The van der Waals surface area contributed by atoms with Crippen LogP contribution >= 0.6 is 0 Å². The molecule has 0 aromatic heterocycles. The molecule has 0 amide bonds. The number of nitrogens with zero attached hydrogens (tertiary/aromatic N) is 1. The van der Waals surface area contributed by atoms with Gasteiger partial charge in [0.1, 0.15) is 5.82 Å². The van der Waals surface area contributed by atoms with Crippen molar-refractivity contribution in [2.45, 2.75) is 17.9 Å². The summed E-state index contributed by atoms with van der Waals surface area (Å²) in [4.78, 5) is 2.78. The number of aliphatic imine (C=N–C) groups is 1. The molecule has 3 rings (SSSR count). The molecule has 0 fully saturated rings. The van der Waals surface area contributed by atoms with Crippen LogP contribution in [0.1, 0.15) is 24.2 Å². The first-order chi connectivity index (χ1) is 10.8. The molecule has 0 aliphatic carbocycles. The largest absolute Gasteiger partial charge is 0.469 e. The molecule has 0 bridgehead atoms. The molecule has 2 unspecified atom stereocenters. The van der Waals surface area contributed by atoms with Gasteiger partial charge in [0.25, 0.3) is 0 Å². The first-order valence-electron chi connectivity index (χ1n) is 7.08. The zero-order valence-corrected chi connectivity index (χ0v) is 13.5. The van der Waals surface area contributed by atoms with Crippen LogP contribution in [-0.2, 0) is 19.4 Å². The van der Waals surface area contributed by atoms with Crippen LogP contribution in [0, 0.1) is 5.82 Å². The molecule has 1 aliphatic heterocycles. The number of sulfone groups is 1. The lowest BCUT2D eigenvalue weighted by atomic mass is 9.96. The predicted octanol–water partition coefficient (Wildman–Crippen LogP) is 3.21. The Balaban J connectivity index is 2.25. The lowest BCUT2D eigenvalue weighted by Crippen LogP contribution is -2.37. The molecule has 1 aliphatic rings. The van der Waals surface area contributed by atoms with E-state index in [0.29, 0.717) is 11.1 Å². The van der Waals surface area contributed by atoms with Gasteiger partial charge in [0.2, 0.25) is 4.87 Å². The average Bonchev–Trinajstić information content (AvgIpc) is 2.87. The second-order valence-corrected chi connectivity index (χ2v) is 7.68. The highest BCUT2D eigenvalue weighted by molar-refractivity contribution is 7.91. The van der Waals surface area contributed by atoms with Gasteiger partial charge in [-0.05, 0) is 23.3 Å². The molecular formula is C17H16FNO3S. The third-order valence-corrected chi connectivity index (χ3v) is 5.56. The molecule has 0 radical (unpaired) electrons. The Kier molecular flexibility index (Phi) is 3.72. The lowest BCUT2D eigenvalue weighted by molar-refractivity contribution is 0.176. The Labute approximate surface area is 134 Å². The highest BCUT2D eigenvalue weighted by atomic mass is 32.2. The summed E-state index contributed by atoms with van der Waals surface area (Å²) in [6.45, 7) is 1.62. The van der Waals surface area contributed by atoms with Crippen LogP contribution in [0.3, 0.4) is 0 Å². The summed E-state index contributed by atoms with van der Waals surface area (Å²) in [6.07, 6.45) is 0.280. The Morgan fingerprint density at radius 1 is 1.09 bits per heavy atom. The highest BCUT2D eigenvalue weighted by Crippen LogP contribution is 2.49. The van der Waals surface area contributed by atoms with Crippen molar-refractivity contribution in [1.82, 2.24) is 0 Å². The van der Waals surface area contributed by atoms with E-state index in [2.05, 4.69) is 4.99 Å². The molecule has 0 saturated carbocycles. The van der Waals surface area contributed by atoms with Gasteiger partial charge in [-0.25, -0.2) is 17.8 Å². The van der Waals surface area contributed by atoms with E-state index in [-0.39, 0.29) is 5.90 Å². The third kappa shape index (κ3) is 2.53. The number of hydrogen-bond acceptors (Lipinski definition) is 4. The van der Waals surface area contributed by atoms with Gasteiger partial charge in [-0.3, -0.25) is 0 Å². The minimum atomic E-state index is -3.66. The molecule has 1 heterocycles.